The number of likely N-dealkylation sites (N-methyl/N-ethyl adjacent to an activating group) is 1. The molecule has 0 saturated carbocycles. The summed E-state index contributed by atoms with van der Waals surface area (Å²) in [5.41, 5.74) is 0.564. The van der Waals surface area contributed by atoms with Crippen molar-refractivity contribution >= 4 is 0 Å². The Balaban J connectivity index is 2.67. The van der Waals surface area contributed by atoms with Gasteiger partial charge >= 0.3 is 0 Å². The fourth-order valence-electron chi connectivity index (χ4n) is 2.16. The number of benzene rings is 1. The van der Waals surface area contributed by atoms with Crippen molar-refractivity contribution in [2.75, 3.05) is 20.7 Å². The maximum Gasteiger partial charge on any atom is 0.123 e. The molecule has 3 nitrogen and oxygen atoms in total. The molecule has 0 aliphatic carbocycles. The van der Waals surface area contributed by atoms with Crippen LogP contribution >= 0.6 is 0 Å². The van der Waals surface area contributed by atoms with Crippen molar-refractivity contribution in [1.82, 2.24) is 4.90 Å². The minimum Gasteiger partial charge on any atom is -0.496 e. The second-order valence-corrected chi connectivity index (χ2v) is 4.92. The summed E-state index contributed by atoms with van der Waals surface area (Å²) >= 11 is 0. The highest BCUT2D eigenvalue weighted by molar-refractivity contribution is 5.33. The van der Waals surface area contributed by atoms with Crippen molar-refractivity contribution in [3.8, 4) is 5.75 Å². The summed E-state index contributed by atoms with van der Waals surface area (Å²) in [5.74, 6) is 0.904. The molecule has 0 aliphatic rings. The average molecular weight is 251 g/mol. The summed E-state index contributed by atoms with van der Waals surface area (Å²) in [4.78, 5) is 2.14. The Hall–Kier alpha value is -1.06. The van der Waals surface area contributed by atoms with Crippen LogP contribution in [0.1, 0.15) is 32.3 Å². The minimum atomic E-state index is -0.587. The molecule has 0 amide bonds. The van der Waals surface area contributed by atoms with E-state index in [9.17, 15) is 5.11 Å². The summed E-state index contributed by atoms with van der Waals surface area (Å²) in [6.45, 7) is 5.52. The highest BCUT2D eigenvalue weighted by Gasteiger charge is 2.24. The molecule has 1 aromatic rings. The van der Waals surface area contributed by atoms with Gasteiger partial charge in [0.25, 0.3) is 0 Å². The second-order valence-electron chi connectivity index (χ2n) is 4.92. The number of hydrogen-bond acceptors (Lipinski definition) is 3. The molecule has 1 N–H and O–H groups in total. The van der Waals surface area contributed by atoms with E-state index in [1.807, 2.05) is 39.1 Å². The van der Waals surface area contributed by atoms with Gasteiger partial charge in [-0.25, -0.2) is 0 Å². The lowest BCUT2D eigenvalue weighted by Gasteiger charge is -2.31. The Bertz CT molecular complexity index is 361. The van der Waals surface area contributed by atoms with E-state index in [4.69, 9.17) is 4.74 Å². The van der Waals surface area contributed by atoms with E-state index in [-0.39, 0.29) is 0 Å². The third kappa shape index (κ3) is 4.00. The first-order chi connectivity index (χ1) is 8.54. The van der Waals surface area contributed by atoms with Gasteiger partial charge in [0.1, 0.15) is 5.75 Å². The van der Waals surface area contributed by atoms with Gasteiger partial charge in [-0.3, -0.25) is 4.90 Å². The molecular weight excluding hydrogens is 226 g/mol. The number of aliphatic hydroxyl groups is 1. The fourth-order valence-corrected chi connectivity index (χ4v) is 2.16. The van der Waals surface area contributed by atoms with Crippen molar-refractivity contribution < 1.29 is 9.84 Å². The van der Waals surface area contributed by atoms with Crippen molar-refractivity contribution in [2.45, 2.75) is 38.8 Å². The third-order valence-corrected chi connectivity index (χ3v) is 3.51. The fraction of sp³-hybridized carbons (Fsp3) is 0.600. The van der Waals surface area contributed by atoms with Gasteiger partial charge in [0.2, 0.25) is 0 Å². The topological polar surface area (TPSA) is 32.7 Å². The molecule has 3 heteroatoms. The highest BCUT2D eigenvalue weighted by atomic mass is 16.5. The van der Waals surface area contributed by atoms with Gasteiger partial charge < -0.3 is 9.84 Å². The Morgan fingerprint density at radius 3 is 2.39 bits per heavy atom. The van der Waals surface area contributed by atoms with Gasteiger partial charge in [-0.05, 0) is 26.0 Å². The van der Waals surface area contributed by atoms with Gasteiger partial charge in [0, 0.05) is 18.7 Å². The van der Waals surface area contributed by atoms with Gasteiger partial charge in [0.15, 0.2) is 0 Å². The number of rotatable bonds is 7. The minimum absolute atomic E-state index is 0.587. The second kappa shape index (κ2) is 6.76. The molecule has 1 rings (SSSR count). The third-order valence-electron chi connectivity index (χ3n) is 3.51. The molecule has 18 heavy (non-hydrogen) atoms. The van der Waals surface area contributed by atoms with Crippen LogP contribution in [-0.4, -0.2) is 36.3 Å². The van der Waals surface area contributed by atoms with E-state index >= 15 is 0 Å². The van der Waals surface area contributed by atoms with Gasteiger partial charge in [-0.1, -0.05) is 32.0 Å². The normalized spacial score (nSPS) is 11.9. The highest BCUT2D eigenvalue weighted by Crippen LogP contribution is 2.21. The number of ether oxygens (including phenoxy) is 1. The van der Waals surface area contributed by atoms with Crippen LogP contribution in [0.4, 0.5) is 0 Å². The van der Waals surface area contributed by atoms with E-state index in [0.29, 0.717) is 6.54 Å². The van der Waals surface area contributed by atoms with Crippen LogP contribution in [0.5, 0.6) is 5.75 Å². The zero-order chi connectivity index (χ0) is 13.6. The molecule has 0 bridgehead atoms. The molecule has 0 unspecified atom stereocenters. The van der Waals surface area contributed by atoms with E-state index in [1.165, 1.54) is 0 Å². The number of nitrogens with zero attached hydrogens (tertiary/aromatic N) is 1. The molecule has 0 radical (unpaired) electrons. The van der Waals surface area contributed by atoms with Crippen LogP contribution in [0.3, 0.4) is 0 Å². The summed E-state index contributed by atoms with van der Waals surface area (Å²) in [6, 6.07) is 8.01. The molecule has 0 aliphatic heterocycles. The first-order valence-electron chi connectivity index (χ1n) is 6.57. The summed E-state index contributed by atoms with van der Waals surface area (Å²) in [6.07, 6.45) is 1.56. The maximum atomic E-state index is 10.3. The average Bonchev–Trinajstić information content (AvgIpc) is 2.39. The zero-order valence-corrected chi connectivity index (χ0v) is 11.9. The van der Waals surface area contributed by atoms with Crippen molar-refractivity contribution in [3.05, 3.63) is 29.8 Å². The van der Waals surface area contributed by atoms with Crippen LogP contribution in [0.2, 0.25) is 0 Å². The van der Waals surface area contributed by atoms with Crippen molar-refractivity contribution in [1.29, 1.82) is 0 Å². The molecule has 0 fully saturated rings. The first-order valence-corrected chi connectivity index (χ1v) is 6.57. The Morgan fingerprint density at radius 2 is 1.83 bits per heavy atom. The summed E-state index contributed by atoms with van der Waals surface area (Å²) in [5, 5.41) is 10.3. The molecule has 0 aromatic heterocycles. The van der Waals surface area contributed by atoms with E-state index in [1.54, 1.807) is 7.11 Å². The van der Waals surface area contributed by atoms with E-state index in [0.717, 1.165) is 30.7 Å². The van der Waals surface area contributed by atoms with Crippen LogP contribution in [0.15, 0.2) is 24.3 Å². The SMILES string of the molecule is CCC(O)(CC)CN(C)Cc1ccccc1OC. The Labute approximate surface area is 110 Å². The van der Waals surface area contributed by atoms with Gasteiger partial charge in [-0.2, -0.15) is 0 Å². The number of methoxy groups -OCH3 is 1. The molecular formula is C15H25NO2. The Morgan fingerprint density at radius 1 is 1.22 bits per heavy atom. The monoisotopic (exact) mass is 251 g/mol. The van der Waals surface area contributed by atoms with Crippen molar-refractivity contribution in [3.63, 3.8) is 0 Å². The summed E-state index contributed by atoms with van der Waals surface area (Å²) < 4.78 is 5.34. The van der Waals surface area contributed by atoms with Gasteiger partial charge in [0.05, 0.1) is 12.7 Å². The van der Waals surface area contributed by atoms with Crippen LogP contribution in [-0.2, 0) is 6.54 Å². The molecule has 0 saturated heterocycles. The molecule has 0 heterocycles. The largest absolute Gasteiger partial charge is 0.496 e. The van der Waals surface area contributed by atoms with Gasteiger partial charge in [-0.15, -0.1) is 0 Å². The molecule has 0 atom stereocenters. The molecule has 1 aromatic carbocycles. The van der Waals surface area contributed by atoms with Crippen LogP contribution < -0.4 is 4.74 Å². The lowest BCUT2D eigenvalue weighted by Crippen LogP contribution is -2.40. The number of hydrogen-bond donors (Lipinski definition) is 1. The quantitative estimate of drug-likeness (QED) is 0.808. The lowest BCUT2D eigenvalue weighted by molar-refractivity contribution is 0.00117. The first kappa shape index (κ1) is 15.0. The molecule has 0 spiro atoms. The molecule has 102 valence electrons. The number of para-hydroxylation sites is 1. The predicted molar refractivity (Wildman–Crippen MR) is 74.9 cm³/mol. The van der Waals surface area contributed by atoms with Crippen molar-refractivity contribution in [2.24, 2.45) is 0 Å². The van der Waals surface area contributed by atoms with Crippen LogP contribution in [0.25, 0.3) is 0 Å². The standard InChI is InChI=1S/C15H25NO2/c1-5-15(17,6-2)12-16(3)11-13-9-7-8-10-14(13)18-4/h7-10,17H,5-6,11-12H2,1-4H3. The zero-order valence-electron chi connectivity index (χ0n) is 11.9. The van der Waals surface area contributed by atoms with E-state index < -0.39 is 5.60 Å². The lowest BCUT2D eigenvalue weighted by atomic mass is 9.97. The van der Waals surface area contributed by atoms with E-state index in [2.05, 4.69) is 11.0 Å². The van der Waals surface area contributed by atoms with Crippen LogP contribution in [0, 0.1) is 0 Å². The smallest absolute Gasteiger partial charge is 0.123 e. The maximum absolute atomic E-state index is 10.3. The summed E-state index contributed by atoms with van der Waals surface area (Å²) in [7, 11) is 3.72. The predicted octanol–water partition coefficient (Wildman–Crippen LogP) is 2.68. The Kier molecular flexibility index (Phi) is 5.63.